The van der Waals surface area contributed by atoms with Gasteiger partial charge in [0.1, 0.15) is 0 Å². The summed E-state index contributed by atoms with van der Waals surface area (Å²) in [6.07, 6.45) is 0. The van der Waals surface area contributed by atoms with E-state index in [1.807, 2.05) is 26.0 Å². The first-order chi connectivity index (χ1) is 6.52. The Hall–Kier alpha value is -0.630. The molecule has 0 spiro atoms. The lowest BCUT2D eigenvalue weighted by molar-refractivity contribution is 0.475. The quantitative estimate of drug-likeness (QED) is 0.720. The average molecular weight is 213 g/mol. The minimum absolute atomic E-state index is 0.0898. The smallest absolute Gasteiger partial charge is 0.0679 e. The molecule has 0 radical (unpaired) electrons. The van der Waals surface area contributed by atoms with E-state index in [2.05, 4.69) is 24.0 Å². The molecule has 0 N–H and O–H groups in total. The highest BCUT2D eigenvalue weighted by atomic mass is 35.5. The molecule has 2 unspecified atom stereocenters. The zero-order chi connectivity index (χ0) is 10.7. The van der Waals surface area contributed by atoms with Crippen molar-refractivity contribution in [1.29, 1.82) is 0 Å². The third-order valence-corrected chi connectivity index (χ3v) is 2.64. The van der Waals surface area contributed by atoms with E-state index in [0.29, 0.717) is 5.92 Å². The fraction of sp³-hybridized carbons (Fsp3) is 0.636. The summed E-state index contributed by atoms with van der Waals surface area (Å²) in [6, 6.07) is 4.00. The second-order valence-corrected chi connectivity index (χ2v) is 4.74. The summed E-state index contributed by atoms with van der Waals surface area (Å²) in [5.74, 6) is 0.768. The van der Waals surface area contributed by atoms with Gasteiger partial charge in [-0.15, -0.1) is 11.6 Å². The molecular weight excluding hydrogens is 196 g/mol. The van der Waals surface area contributed by atoms with Crippen LogP contribution in [0.2, 0.25) is 0 Å². The molecule has 78 valence electrons. The minimum Gasteiger partial charge on any atom is -0.156 e. The van der Waals surface area contributed by atoms with Crippen molar-refractivity contribution < 1.29 is 0 Å². The molecule has 0 aliphatic rings. The van der Waals surface area contributed by atoms with Crippen LogP contribution >= 0.6 is 11.6 Å². The third kappa shape index (κ3) is 2.68. The monoisotopic (exact) mass is 212 g/mol. The molecule has 0 saturated heterocycles. The largest absolute Gasteiger partial charge is 0.156 e. The predicted octanol–water partition coefficient (Wildman–Crippen LogP) is 3.15. The minimum atomic E-state index is 0.0898. The second kappa shape index (κ2) is 4.74. The number of alkyl halides is 1. The first kappa shape index (κ1) is 11.4. The second-order valence-electron chi connectivity index (χ2n) is 4.05. The molecule has 0 saturated carbocycles. The molecule has 0 aliphatic carbocycles. The van der Waals surface area contributed by atoms with Gasteiger partial charge < -0.3 is 0 Å². The van der Waals surface area contributed by atoms with Gasteiger partial charge in [-0.25, -0.2) is 0 Å². The van der Waals surface area contributed by atoms with E-state index in [-0.39, 0.29) is 11.3 Å². The van der Waals surface area contributed by atoms with Crippen LogP contribution in [0.4, 0.5) is 0 Å². The number of hydrogen-bond donors (Lipinski definition) is 0. The van der Waals surface area contributed by atoms with Crippen molar-refractivity contribution in [3.8, 4) is 0 Å². The summed E-state index contributed by atoms with van der Waals surface area (Å²) in [5.41, 5.74) is 1.94. The number of aromatic nitrogens is 2. The molecule has 2 atom stereocenters. The molecule has 0 bridgehead atoms. The van der Waals surface area contributed by atoms with E-state index in [1.54, 1.807) is 0 Å². The van der Waals surface area contributed by atoms with Gasteiger partial charge in [-0.3, -0.25) is 0 Å². The van der Waals surface area contributed by atoms with E-state index in [4.69, 9.17) is 11.6 Å². The van der Waals surface area contributed by atoms with Crippen LogP contribution in [0.1, 0.15) is 38.1 Å². The van der Waals surface area contributed by atoms with Crippen molar-refractivity contribution in [1.82, 2.24) is 10.2 Å². The van der Waals surface area contributed by atoms with Gasteiger partial charge in [0.2, 0.25) is 0 Å². The maximum atomic E-state index is 6.15. The van der Waals surface area contributed by atoms with Crippen molar-refractivity contribution in [2.45, 2.75) is 39.0 Å². The van der Waals surface area contributed by atoms with Gasteiger partial charge in [0.05, 0.1) is 11.4 Å². The first-order valence-electron chi connectivity index (χ1n) is 4.96. The lowest BCUT2D eigenvalue weighted by Crippen LogP contribution is -2.17. The van der Waals surface area contributed by atoms with E-state index < -0.39 is 0 Å². The molecule has 0 amide bonds. The Morgan fingerprint density at radius 2 is 1.79 bits per heavy atom. The topological polar surface area (TPSA) is 25.8 Å². The van der Waals surface area contributed by atoms with Crippen molar-refractivity contribution >= 4 is 11.6 Å². The summed E-state index contributed by atoms with van der Waals surface area (Å²) in [5, 5.41) is 8.33. The highest BCUT2D eigenvalue weighted by molar-refractivity contribution is 6.20. The average Bonchev–Trinajstić information content (AvgIpc) is 2.07. The summed E-state index contributed by atoms with van der Waals surface area (Å²) in [6.45, 7) is 8.26. The molecule has 1 aromatic rings. The zero-order valence-electron chi connectivity index (χ0n) is 9.16. The Morgan fingerprint density at radius 3 is 2.14 bits per heavy atom. The Kier molecular flexibility index (Phi) is 3.87. The third-order valence-electron chi connectivity index (χ3n) is 2.37. The fourth-order valence-corrected chi connectivity index (χ4v) is 2.11. The zero-order valence-corrected chi connectivity index (χ0v) is 9.92. The van der Waals surface area contributed by atoms with Gasteiger partial charge in [-0.1, -0.05) is 13.8 Å². The Morgan fingerprint density at radius 1 is 1.14 bits per heavy atom. The summed E-state index contributed by atoms with van der Waals surface area (Å²) >= 11 is 6.15. The van der Waals surface area contributed by atoms with Crippen molar-refractivity contribution in [3.05, 3.63) is 23.5 Å². The fourth-order valence-electron chi connectivity index (χ4n) is 1.69. The van der Waals surface area contributed by atoms with Crippen molar-refractivity contribution in [2.24, 2.45) is 5.92 Å². The van der Waals surface area contributed by atoms with Crippen LogP contribution in [0.15, 0.2) is 12.1 Å². The van der Waals surface area contributed by atoms with Crippen molar-refractivity contribution in [2.75, 3.05) is 0 Å². The molecule has 1 rings (SSSR count). The van der Waals surface area contributed by atoms with E-state index in [1.165, 1.54) is 0 Å². The highest BCUT2D eigenvalue weighted by Gasteiger charge is 2.22. The predicted molar refractivity (Wildman–Crippen MR) is 59.7 cm³/mol. The molecule has 1 heterocycles. The Balaban J connectivity index is 2.94. The SMILES string of the molecule is Cc1ccc(C(C(C)C)C(C)Cl)nn1. The lowest BCUT2D eigenvalue weighted by Gasteiger charge is -2.22. The van der Waals surface area contributed by atoms with Gasteiger partial charge in [-0.2, -0.15) is 10.2 Å². The number of rotatable bonds is 3. The van der Waals surface area contributed by atoms with Crippen LogP contribution in [-0.4, -0.2) is 15.6 Å². The normalized spacial score (nSPS) is 15.6. The molecule has 0 fully saturated rings. The maximum absolute atomic E-state index is 6.15. The van der Waals surface area contributed by atoms with E-state index in [9.17, 15) is 0 Å². The lowest BCUT2D eigenvalue weighted by atomic mass is 9.89. The summed E-state index contributed by atoms with van der Waals surface area (Å²) in [4.78, 5) is 0. The Bertz CT molecular complexity index is 272. The molecule has 3 heteroatoms. The van der Waals surface area contributed by atoms with Gasteiger partial charge in [0, 0.05) is 11.3 Å². The Labute approximate surface area is 90.7 Å². The van der Waals surface area contributed by atoms with Crippen molar-refractivity contribution in [3.63, 3.8) is 0 Å². The highest BCUT2D eigenvalue weighted by Crippen LogP contribution is 2.29. The summed E-state index contributed by atoms with van der Waals surface area (Å²) < 4.78 is 0. The summed E-state index contributed by atoms with van der Waals surface area (Å²) in [7, 11) is 0. The molecule has 1 aromatic heterocycles. The van der Waals surface area contributed by atoms with Gasteiger partial charge >= 0.3 is 0 Å². The van der Waals surface area contributed by atoms with E-state index >= 15 is 0 Å². The van der Waals surface area contributed by atoms with Gasteiger partial charge in [0.15, 0.2) is 0 Å². The number of aryl methyl sites for hydroxylation is 1. The molecule has 0 aliphatic heterocycles. The van der Waals surface area contributed by atoms with E-state index in [0.717, 1.165) is 11.4 Å². The molecule has 0 aromatic carbocycles. The number of nitrogens with zero attached hydrogens (tertiary/aromatic N) is 2. The number of hydrogen-bond acceptors (Lipinski definition) is 2. The standard InChI is InChI=1S/C11H17ClN2/c1-7(2)11(9(4)12)10-6-5-8(3)13-14-10/h5-7,9,11H,1-4H3. The molecular formula is C11H17ClN2. The van der Waals surface area contributed by atoms with Gasteiger partial charge in [0.25, 0.3) is 0 Å². The van der Waals surface area contributed by atoms with Crippen LogP contribution in [0, 0.1) is 12.8 Å². The van der Waals surface area contributed by atoms with Crippen LogP contribution in [0.3, 0.4) is 0 Å². The maximum Gasteiger partial charge on any atom is 0.0679 e. The van der Waals surface area contributed by atoms with Gasteiger partial charge in [-0.05, 0) is 31.9 Å². The van der Waals surface area contributed by atoms with Crippen LogP contribution in [0.5, 0.6) is 0 Å². The molecule has 2 nitrogen and oxygen atoms in total. The van der Waals surface area contributed by atoms with Crippen LogP contribution in [-0.2, 0) is 0 Å². The molecule has 14 heavy (non-hydrogen) atoms. The number of halogens is 1. The van der Waals surface area contributed by atoms with Crippen LogP contribution < -0.4 is 0 Å². The first-order valence-corrected chi connectivity index (χ1v) is 5.40. The van der Waals surface area contributed by atoms with Crippen LogP contribution in [0.25, 0.3) is 0 Å².